The van der Waals surface area contributed by atoms with Gasteiger partial charge in [0.1, 0.15) is 0 Å². The fourth-order valence-electron chi connectivity index (χ4n) is 2.66. The van der Waals surface area contributed by atoms with Crippen molar-refractivity contribution in [3.05, 3.63) is 30.3 Å². The Kier molecular flexibility index (Phi) is 6.34. The van der Waals surface area contributed by atoms with Crippen molar-refractivity contribution >= 4 is 15.9 Å². The number of aliphatic hydroxyl groups excluding tert-OH is 1. The molecular formula is C16H24N2O5S. The van der Waals surface area contributed by atoms with Gasteiger partial charge in [0, 0.05) is 14.1 Å². The summed E-state index contributed by atoms with van der Waals surface area (Å²) in [5, 5.41) is 9.53. The van der Waals surface area contributed by atoms with E-state index in [1.165, 1.54) is 17.0 Å². The average molecular weight is 356 g/mol. The molecule has 1 fully saturated rings. The van der Waals surface area contributed by atoms with E-state index in [9.17, 15) is 18.3 Å². The van der Waals surface area contributed by atoms with Gasteiger partial charge in [0.05, 0.1) is 36.2 Å². The molecule has 1 aliphatic heterocycles. The summed E-state index contributed by atoms with van der Waals surface area (Å²) in [4.78, 5) is 13.4. The zero-order chi connectivity index (χ0) is 17.7. The van der Waals surface area contributed by atoms with E-state index in [2.05, 4.69) is 4.72 Å². The molecule has 0 radical (unpaired) electrons. The van der Waals surface area contributed by atoms with E-state index >= 15 is 0 Å². The first kappa shape index (κ1) is 18.9. The standard InChI is InChI=1S/C16H24N2O5S/c1-18(2)16(20)10-12-8-9-14(15(11-19)23-12)17-24(21,22)13-6-4-3-5-7-13/h3-7,12,14-15,17,19H,8-11H2,1-2H3/t12-,14-,15-/m1/s1. The van der Waals surface area contributed by atoms with Gasteiger partial charge in [-0.3, -0.25) is 4.79 Å². The number of hydrogen-bond donors (Lipinski definition) is 2. The number of nitrogens with zero attached hydrogens (tertiary/aromatic N) is 1. The van der Waals surface area contributed by atoms with Crippen LogP contribution < -0.4 is 4.72 Å². The Morgan fingerprint density at radius 3 is 2.54 bits per heavy atom. The second kappa shape index (κ2) is 8.06. The number of carbonyl (C=O) groups excluding carboxylic acids is 1. The Hall–Kier alpha value is -1.48. The Morgan fingerprint density at radius 2 is 1.96 bits per heavy atom. The van der Waals surface area contributed by atoms with Gasteiger partial charge in [-0.2, -0.15) is 0 Å². The first-order chi connectivity index (χ1) is 11.3. The van der Waals surface area contributed by atoms with Gasteiger partial charge in [-0.25, -0.2) is 13.1 Å². The molecule has 0 saturated carbocycles. The van der Waals surface area contributed by atoms with Crippen LogP contribution in [0.25, 0.3) is 0 Å². The van der Waals surface area contributed by atoms with Crippen molar-refractivity contribution < 1.29 is 23.1 Å². The number of hydrogen-bond acceptors (Lipinski definition) is 5. The summed E-state index contributed by atoms with van der Waals surface area (Å²) in [6, 6.07) is 7.55. The highest BCUT2D eigenvalue weighted by Gasteiger charge is 2.34. The number of rotatable bonds is 6. The Labute approximate surface area is 142 Å². The van der Waals surface area contributed by atoms with E-state index in [1.807, 2.05) is 0 Å². The predicted molar refractivity (Wildman–Crippen MR) is 88.8 cm³/mol. The van der Waals surface area contributed by atoms with Gasteiger partial charge < -0.3 is 14.7 Å². The summed E-state index contributed by atoms with van der Waals surface area (Å²) in [6.07, 6.45) is 0.300. The lowest BCUT2D eigenvalue weighted by Crippen LogP contribution is -2.51. The number of amides is 1. The molecule has 0 bridgehead atoms. The highest BCUT2D eigenvalue weighted by atomic mass is 32.2. The van der Waals surface area contributed by atoms with Crippen LogP contribution in [0.4, 0.5) is 0 Å². The zero-order valence-corrected chi connectivity index (χ0v) is 14.7. The molecule has 0 aliphatic carbocycles. The van der Waals surface area contributed by atoms with Gasteiger partial charge in [-0.1, -0.05) is 18.2 Å². The third kappa shape index (κ3) is 4.76. The monoisotopic (exact) mass is 356 g/mol. The summed E-state index contributed by atoms with van der Waals surface area (Å²) in [6.45, 7) is -0.311. The molecule has 24 heavy (non-hydrogen) atoms. The van der Waals surface area contributed by atoms with E-state index < -0.39 is 22.2 Å². The van der Waals surface area contributed by atoms with Crippen LogP contribution in [0.5, 0.6) is 0 Å². The fourth-order valence-corrected chi connectivity index (χ4v) is 3.98. The minimum atomic E-state index is -3.67. The van der Waals surface area contributed by atoms with Crippen LogP contribution in [0.3, 0.4) is 0 Å². The maximum absolute atomic E-state index is 12.4. The van der Waals surface area contributed by atoms with Crippen molar-refractivity contribution in [2.24, 2.45) is 0 Å². The van der Waals surface area contributed by atoms with Crippen LogP contribution in [0, 0.1) is 0 Å². The molecule has 0 spiro atoms. The lowest BCUT2D eigenvalue weighted by molar-refractivity contribution is -0.137. The summed E-state index contributed by atoms with van der Waals surface area (Å²) in [7, 11) is -0.329. The van der Waals surface area contributed by atoms with E-state index in [0.717, 1.165) is 0 Å². The van der Waals surface area contributed by atoms with Gasteiger partial charge in [0.2, 0.25) is 15.9 Å². The molecule has 1 amide bonds. The number of nitrogens with one attached hydrogen (secondary N) is 1. The summed E-state index contributed by atoms with van der Waals surface area (Å²) >= 11 is 0. The highest BCUT2D eigenvalue weighted by molar-refractivity contribution is 7.89. The van der Waals surface area contributed by atoms with Crippen LogP contribution in [0.2, 0.25) is 0 Å². The van der Waals surface area contributed by atoms with Crippen molar-refractivity contribution in [3.63, 3.8) is 0 Å². The molecule has 8 heteroatoms. The number of benzene rings is 1. The predicted octanol–water partition coefficient (Wildman–Crippen LogP) is 0.352. The van der Waals surface area contributed by atoms with E-state index in [4.69, 9.17) is 4.74 Å². The van der Waals surface area contributed by atoms with Crippen LogP contribution in [0.1, 0.15) is 19.3 Å². The molecule has 1 heterocycles. The maximum Gasteiger partial charge on any atom is 0.240 e. The van der Waals surface area contributed by atoms with Crippen LogP contribution in [0.15, 0.2) is 35.2 Å². The molecule has 134 valence electrons. The van der Waals surface area contributed by atoms with Crippen molar-refractivity contribution in [1.82, 2.24) is 9.62 Å². The second-order valence-electron chi connectivity index (χ2n) is 6.09. The first-order valence-corrected chi connectivity index (χ1v) is 9.35. The van der Waals surface area contributed by atoms with Crippen LogP contribution in [-0.4, -0.2) is 63.3 Å². The number of ether oxygens (including phenoxy) is 1. The summed E-state index contributed by atoms with van der Waals surface area (Å²) < 4.78 is 33.1. The summed E-state index contributed by atoms with van der Waals surface area (Å²) in [5.74, 6) is -0.0555. The smallest absolute Gasteiger partial charge is 0.240 e. The molecule has 2 rings (SSSR count). The SMILES string of the molecule is CN(C)C(=O)C[C@H]1CC[C@@H](NS(=O)(=O)c2ccccc2)[C@@H](CO)O1. The Morgan fingerprint density at radius 1 is 1.29 bits per heavy atom. The van der Waals surface area contributed by atoms with E-state index in [1.54, 1.807) is 32.3 Å². The molecule has 1 aromatic rings. The van der Waals surface area contributed by atoms with Gasteiger partial charge in [0.25, 0.3) is 0 Å². The van der Waals surface area contributed by atoms with Crippen LogP contribution in [-0.2, 0) is 19.6 Å². The Balaban J connectivity index is 2.01. The van der Waals surface area contributed by atoms with Crippen LogP contribution >= 0.6 is 0 Å². The summed E-state index contributed by atoms with van der Waals surface area (Å²) in [5.41, 5.74) is 0. The zero-order valence-electron chi connectivity index (χ0n) is 13.9. The minimum absolute atomic E-state index is 0.0555. The molecule has 0 unspecified atom stereocenters. The van der Waals surface area contributed by atoms with Gasteiger partial charge in [-0.05, 0) is 25.0 Å². The third-order valence-corrected chi connectivity index (χ3v) is 5.56. The first-order valence-electron chi connectivity index (χ1n) is 7.87. The molecule has 1 aliphatic rings. The van der Waals surface area contributed by atoms with E-state index in [-0.39, 0.29) is 29.9 Å². The number of carbonyl (C=O) groups is 1. The van der Waals surface area contributed by atoms with E-state index in [0.29, 0.717) is 12.8 Å². The molecule has 7 nitrogen and oxygen atoms in total. The molecular weight excluding hydrogens is 332 g/mol. The van der Waals surface area contributed by atoms with Crippen molar-refractivity contribution in [2.45, 2.75) is 42.4 Å². The van der Waals surface area contributed by atoms with Crippen molar-refractivity contribution in [2.75, 3.05) is 20.7 Å². The quantitative estimate of drug-likeness (QED) is 0.767. The molecule has 3 atom stereocenters. The highest BCUT2D eigenvalue weighted by Crippen LogP contribution is 2.23. The minimum Gasteiger partial charge on any atom is -0.394 e. The van der Waals surface area contributed by atoms with Crippen molar-refractivity contribution in [1.29, 1.82) is 0 Å². The van der Waals surface area contributed by atoms with Gasteiger partial charge >= 0.3 is 0 Å². The molecule has 1 saturated heterocycles. The normalized spacial score (nSPS) is 24.5. The van der Waals surface area contributed by atoms with Crippen molar-refractivity contribution in [3.8, 4) is 0 Å². The fraction of sp³-hybridized carbons (Fsp3) is 0.562. The maximum atomic E-state index is 12.4. The second-order valence-corrected chi connectivity index (χ2v) is 7.80. The number of aliphatic hydroxyl groups is 1. The average Bonchev–Trinajstić information content (AvgIpc) is 2.56. The Bertz CT molecular complexity index is 648. The lowest BCUT2D eigenvalue weighted by Gasteiger charge is -2.36. The van der Waals surface area contributed by atoms with Gasteiger partial charge in [0.15, 0.2) is 0 Å². The molecule has 2 N–H and O–H groups in total. The molecule has 0 aromatic heterocycles. The topological polar surface area (TPSA) is 95.9 Å². The number of sulfonamides is 1. The van der Waals surface area contributed by atoms with Gasteiger partial charge in [-0.15, -0.1) is 0 Å². The third-order valence-electron chi connectivity index (χ3n) is 4.06. The molecule has 1 aromatic carbocycles. The largest absolute Gasteiger partial charge is 0.394 e. The lowest BCUT2D eigenvalue weighted by atomic mass is 9.98.